The maximum absolute atomic E-state index is 8.08. The smallest absolute Gasteiger partial charge is 0.167 e. The number of halogens is 1. The van der Waals surface area contributed by atoms with Gasteiger partial charge in [0.15, 0.2) is 5.49 Å². The molecule has 88 valence electrons. The fraction of sp³-hybridized carbons (Fsp3) is 0.500. The summed E-state index contributed by atoms with van der Waals surface area (Å²) in [5.74, 6) is 0. The number of hydrogen-bond donors (Lipinski definition) is 2. The zero-order valence-corrected chi connectivity index (χ0v) is 10.7. The molecule has 6 heteroatoms. The van der Waals surface area contributed by atoms with Gasteiger partial charge in [0.2, 0.25) is 0 Å². The van der Waals surface area contributed by atoms with E-state index in [1.165, 1.54) is 0 Å². The molecule has 1 aromatic rings. The van der Waals surface area contributed by atoms with Gasteiger partial charge in [-0.1, -0.05) is 0 Å². The first-order valence-electron chi connectivity index (χ1n) is 5.19. The second kappa shape index (κ2) is 4.88. The first kappa shape index (κ1) is 11.5. The summed E-state index contributed by atoms with van der Waals surface area (Å²) < 4.78 is 7.96. The molecule has 0 atom stereocenters. The van der Waals surface area contributed by atoms with E-state index in [1.807, 2.05) is 12.3 Å². The van der Waals surface area contributed by atoms with E-state index in [9.17, 15) is 0 Å². The van der Waals surface area contributed by atoms with E-state index in [0.717, 1.165) is 36.5 Å². The van der Waals surface area contributed by atoms with Gasteiger partial charge < -0.3 is 15.1 Å². The summed E-state index contributed by atoms with van der Waals surface area (Å²) in [5, 5.41) is 8.08. The highest BCUT2D eigenvalue weighted by atomic mass is 79.9. The Kier molecular flexibility index (Phi) is 3.50. The van der Waals surface area contributed by atoms with Crippen molar-refractivity contribution in [2.45, 2.75) is 0 Å². The molecular formula is C10H15BrN4O. The lowest BCUT2D eigenvalue weighted by Crippen LogP contribution is -2.41. The molecule has 2 N–H and O–H groups in total. The fourth-order valence-corrected chi connectivity index (χ4v) is 2.19. The van der Waals surface area contributed by atoms with Gasteiger partial charge in [-0.3, -0.25) is 5.41 Å². The number of rotatable bonds is 2. The van der Waals surface area contributed by atoms with Crippen LogP contribution < -0.4 is 15.8 Å². The Balaban J connectivity index is 2.38. The van der Waals surface area contributed by atoms with Crippen LogP contribution in [0.3, 0.4) is 0 Å². The topological polar surface area (TPSA) is 53.3 Å². The van der Waals surface area contributed by atoms with E-state index < -0.39 is 0 Å². The van der Waals surface area contributed by atoms with Gasteiger partial charge in [0.1, 0.15) is 0 Å². The van der Waals surface area contributed by atoms with Crippen LogP contribution in [0.5, 0.6) is 0 Å². The molecular weight excluding hydrogens is 272 g/mol. The minimum absolute atomic E-state index is 0.465. The molecule has 0 radical (unpaired) electrons. The SMILES string of the molecule is CNn1cc(Br)cc(N2CCOCC2)c1=N. The van der Waals surface area contributed by atoms with Crippen LogP contribution in [-0.4, -0.2) is 38.0 Å². The Hall–Kier alpha value is -1.01. The summed E-state index contributed by atoms with van der Waals surface area (Å²) in [6, 6.07) is 1.97. The normalized spacial score (nSPS) is 16.2. The molecule has 0 aliphatic carbocycles. The molecule has 1 fully saturated rings. The molecule has 1 aliphatic rings. The molecule has 0 bridgehead atoms. The Morgan fingerprint density at radius 1 is 1.44 bits per heavy atom. The van der Waals surface area contributed by atoms with E-state index in [0.29, 0.717) is 5.49 Å². The van der Waals surface area contributed by atoms with Crippen molar-refractivity contribution in [1.82, 2.24) is 4.68 Å². The van der Waals surface area contributed by atoms with Gasteiger partial charge >= 0.3 is 0 Å². The zero-order valence-electron chi connectivity index (χ0n) is 9.16. The monoisotopic (exact) mass is 286 g/mol. The average molecular weight is 287 g/mol. The van der Waals surface area contributed by atoms with E-state index in [4.69, 9.17) is 10.1 Å². The highest BCUT2D eigenvalue weighted by Gasteiger charge is 2.14. The highest BCUT2D eigenvalue weighted by Crippen LogP contribution is 2.16. The van der Waals surface area contributed by atoms with E-state index in [1.54, 1.807) is 11.7 Å². The minimum atomic E-state index is 0.465. The molecule has 16 heavy (non-hydrogen) atoms. The van der Waals surface area contributed by atoms with Crippen molar-refractivity contribution in [2.24, 2.45) is 0 Å². The van der Waals surface area contributed by atoms with Crippen LogP contribution in [0.25, 0.3) is 0 Å². The largest absolute Gasteiger partial charge is 0.378 e. The standard InChI is InChI=1S/C10H15BrN4O/c1-13-15-7-8(11)6-9(10(15)12)14-2-4-16-5-3-14/h6-7,12-13H,2-5H2,1H3. The molecule has 2 rings (SSSR count). The first-order valence-corrected chi connectivity index (χ1v) is 5.99. The maximum atomic E-state index is 8.08. The summed E-state index contributed by atoms with van der Waals surface area (Å²) in [6.45, 7) is 3.13. The second-order valence-corrected chi connectivity index (χ2v) is 4.50. The number of hydrogen-bond acceptors (Lipinski definition) is 4. The number of ether oxygens (including phenoxy) is 1. The Labute approximate surface area is 103 Å². The first-order chi connectivity index (χ1) is 7.72. The van der Waals surface area contributed by atoms with Crippen LogP contribution >= 0.6 is 15.9 Å². The summed E-state index contributed by atoms with van der Waals surface area (Å²) in [4.78, 5) is 2.17. The van der Waals surface area contributed by atoms with Crippen LogP contribution in [-0.2, 0) is 4.74 Å². The Bertz CT molecular complexity index is 425. The third-order valence-electron chi connectivity index (χ3n) is 2.60. The molecule has 1 aliphatic heterocycles. The Morgan fingerprint density at radius 3 is 2.75 bits per heavy atom. The van der Waals surface area contributed by atoms with Crippen LogP contribution in [0.1, 0.15) is 0 Å². The van der Waals surface area contributed by atoms with Crippen molar-refractivity contribution < 1.29 is 4.74 Å². The molecule has 0 amide bonds. The van der Waals surface area contributed by atoms with Gasteiger partial charge in [0.25, 0.3) is 0 Å². The lowest BCUT2D eigenvalue weighted by atomic mass is 10.3. The average Bonchev–Trinajstić information content (AvgIpc) is 2.33. The summed E-state index contributed by atoms with van der Waals surface area (Å²) in [6.07, 6.45) is 1.84. The lowest BCUT2D eigenvalue weighted by molar-refractivity contribution is 0.122. The quantitative estimate of drug-likeness (QED) is 0.843. The van der Waals surface area contributed by atoms with Crippen LogP contribution in [0.4, 0.5) is 5.69 Å². The second-order valence-electron chi connectivity index (χ2n) is 3.59. The van der Waals surface area contributed by atoms with Gasteiger partial charge in [0, 0.05) is 30.8 Å². The molecule has 0 saturated carbocycles. The van der Waals surface area contributed by atoms with E-state index in [-0.39, 0.29) is 0 Å². The molecule has 2 heterocycles. The number of aromatic nitrogens is 1. The maximum Gasteiger partial charge on any atom is 0.167 e. The van der Waals surface area contributed by atoms with Crippen LogP contribution in [0.2, 0.25) is 0 Å². The predicted molar refractivity (Wildman–Crippen MR) is 66.3 cm³/mol. The van der Waals surface area contributed by atoms with E-state index >= 15 is 0 Å². The molecule has 0 aromatic carbocycles. The molecule has 1 aromatic heterocycles. The van der Waals surface area contributed by atoms with Crippen LogP contribution in [0.15, 0.2) is 16.7 Å². The summed E-state index contributed by atoms with van der Waals surface area (Å²) in [5.41, 5.74) is 4.35. The number of nitrogens with one attached hydrogen (secondary N) is 2. The van der Waals surface area contributed by atoms with Gasteiger partial charge in [-0.2, -0.15) is 0 Å². The molecule has 1 saturated heterocycles. The highest BCUT2D eigenvalue weighted by molar-refractivity contribution is 9.10. The van der Waals surface area contributed by atoms with Crippen LogP contribution in [0, 0.1) is 5.41 Å². The number of pyridine rings is 1. The van der Waals surface area contributed by atoms with Gasteiger partial charge in [-0.05, 0) is 22.0 Å². The van der Waals surface area contributed by atoms with Gasteiger partial charge in [-0.15, -0.1) is 0 Å². The van der Waals surface area contributed by atoms with Gasteiger partial charge in [-0.25, -0.2) is 4.68 Å². The third-order valence-corrected chi connectivity index (χ3v) is 3.04. The van der Waals surface area contributed by atoms with E-state index in [2.05, 4.69) is 26.3 Å². The number of nitrogens with zero attached hydrogens (tertiary/aromatic N) is 2. The number of anilines is 1. The summed E-state index contributed by atoms with van der Waals surface area (Å²) >= 11 is 3.45. The Morgan fingerprint density at radius 2 is 2.12 bits per heavy atom. The third kappa shape index (κ3) is 2.22. The van der Waals surface area contributed by atoms with Crippen molar-refractivity contribution in [2.75, 3.05) is 43.7 Å². The fourth-order valence-electron chi connectivity index (χ4n) is 1.77. The van der Waals surface area contributed by atoms with Gasteiger partial charge in [0.05, 0.1) is 18.9 Å². The number of morpholine rings is 1. The molecule has 0 unspecified atom stereocenters. The predicted octanol–water partition coefficient (Wildman–Crippen LogP) is 0.740. The van der Waals surface area contributed by atoms with Crippen molar-refractivity contribution in [3.8, 4) is 0 Å². The zero-order chi connectivity index (χ0) is 11.5. The molecule has 5 nitrogen and oxygen atoms in total. The summed E-state index contributed by atoms with van der Waals surface area (Å²) in [7, 11) is 1.80. The van der Waals surface area contributed by atoms with Crippen molar-refractivity contribution in [3.63, 3.8) is 0 Å². The van der Waals surface area contributed by atoms with Crippen molar-refractivity contribution in [1.29, 1.82) is 5.41 Å². The molecule has 0 spiro atoms. The minimum Gasteiger partial charge on any atom is -0.378 e. The van der Waals surface area contributed by atoms with Crippen molar-refractivity contribution in [3.05, 3.63) is 22.2 Å². The lowest BCUT2D eigenvalue weighted by Gasteiger charge is -2.29. The van der Waals surface area contributed by atoms with Crippen molar-refractivity contribution >= 4 is 21.6 Å².